The van der Waals surface area contributed by atoms with E-state index < -0.39 is 10.9 Å². The summed E-state index contributed by atoms with van der Waals surface area (Å²) in [5, 5.41) is 11.1. The zero-order valence-electron chi connectivity index (χ0n) is 12.9. The minimum atomic E-state index is -0.666. The van der Waals surface area contributed by atoms with Crippen LogP contribution >= 0.6 is 11.6 Å². The van der Waals surface area contributed by atoms with E-state index in [1.165, 1.54) is 31.4 Å². The Kier molecular flexibility index (Phi) is 4.49. The first-order valence-corrected chi connectivity index (χ1v) is 7.46. The molecule has 0 saturated heterocycles. The average Bonchev–Trinajstić information content (AvgIpc) is 2.97. The van der Waals surface area contributed by atoms with Gasteiger partial charge in [-0.05, 0) is 30.3 Å². The van der Waals surface area contributed by atoms with Crippen LogP contribution in [0.15, 0.2) is 53.2 Å². The Balaban J connectivity index is 1.98. The van der Waals surface area contributed by atoms with Crippen molar-refractivity contribution in [3.8, 4) is 5.75 Å². The zero-order chi connectivity index (χ0) is 18.0. The van der Waals surface area contributed by atoms with E-state index in [1.807, 2.05) is 0 Å². The van der Waals surface area contributed by atoms with Gasteiger partial charge in [-0.1, -0.05) is 17.7 Å². The molecule has 0 aromatic heterocycles. The van der Waals surface area contributed by atoms with Gasteiger partial charge in [0.2, 0.25) is 5.90 Å². The van der Waals surface area contributed by atoms with Gasteiger partial charge in [-0.3, -0.25) is 10.1 Å². The van der Waals surface area contributed by atoms with Crippen molar-refractivity contribution in [2.45, 2.75) is 0 Å². The average molecular weight is 359 g/mol. The van der Waals surface area contributed by atoms with Crippen LogP contribution in [0.1, 0.15) is 11.1 Å². The maximum absolute atomic E-state index is 12.0. The summed E-state index contributed by atoms with van der Waals surface area (Å²) < 4.78 is 10.3. The molecule has 2 aromatic carbocycles. The maximum Gasteiger partial charge on any atom is 0.363 e. The zero-order valence-corrected chi connectivity index (χ0v) is 13.7. The predicted molar refractivity (Wildman–Crippen MR) is 91.7 cm³/mol. The van der Waals surface area contributed by atoms with Crippen LogP contribution in [0.25, 0.3) is 6.08 Å². The van der Waals surface area contributed by atoms with E-state index >= 15 is 0 Å². The molecule has 7 nitrogen and oxygen atoms in total. The molecule has 1 aliphatic rings. The first-order valence-electron chi connectivity index (χ1n) is 7.09. The molecule has 0 N–H and O–H groups in total. The second kappa shape index (κ2) is 6.74. The highest BCUT2D eigenvalue weighted by Gasteiger charge is 2.25. The highest BCUT2D eigenvalue weighted by Crippen LogP contribution is 2.27. The van der Waals surface area contributed by atoms with Crippen molar-refractivity contribution in [3.63, 3.8) is 0 Å². The second-order valence-electron chi connectivity index (χ2n) is 5.03. The van der Waals surface area contributed by atoms with Gasteiger partial charge in [0.05, 0.1) is 12.0 Å². The van der Waals surface area contributed by atoms with Crippen LogP contribution in [0.3, 0.4) is 0 Å². The minimum Gasteiger partial charge on any atom is -0.497 e. The Morgan fingerprint density at radius 3 is 2.80 bits per heavy atom. The van der Waals surface area contributed by atoms with Gasteiger partial charge in [0, 0.05) is 28.3 Å². The van der Waals surface area contributed by atoms with E-state index in [-0.39, 0.29) is 22.3 Å². The van der Waals surface area contributed by atoms with Crippen molar-refractivity contribution in [3.05, 3.63) is 74.4 Å². The Labute approximate surface area is 147 Å². The van der Waals surface area contributed by atoms with E-state index in [1.54, 1.807) is 24.3 Å². The van der Waals surface area contributed by atoms with Crippen LogP contribution in [0.5, 0.6) is 5.75 Å². The Morgan fingerprint density at radius 1 is 1.28 bits per heavy atom. The van der Waals surface area contributed by atoms with Crippen LogP contribution < -0.4 is 4.74 Å². The minimum absolute atomic E-state index is 0.000202. The SMILES string of the molecule is COc1cccc(C2=N/C(=C\c3cc([N+](=O)[O-])ccc3Cl)C(=O)O2)c1. The fraction of sp³-hybridized carbons (Fsp3) is 0.0588. The summed E-state index contributed by atoms with van der Waals surface area (Å²) in [6.07, 6.45) is 1.35. The molecule has 1 aliphatic heterocycles. The van der Waals surface area contributed by atoms with Gasteiger partial charge in [-0.25, -0.2) is 9.79 Å². The summed E-state index contributed by atoms with van der Waals surface area (Å²) in [7, 11) is 1.53. The van der Waals surface area contributed by atoms with Crippen molar-refractivity contribution < 1.29 is 19.2 Å². The highest BCUT2D eigenvalue weighted by molar-refractivity contribution is 6.32. The number of halogens is 1. The molecule has 0 atom stereocenters. The lowest BCUT2D eigenvalue weighted by atomic mass is 10.1. The summed E-state index contributed by atoms with van der Waals surface area (Å²) in [5.41, 5.74) is 0.736. The Hall–Kier alpha value is -3.19. The van der Waals surface area contributed by atoms with Crippen molar-refractivity contribution in [1.29, 1.82) is 0 Å². The van der Waals surface area contributed by atoms with E-state index in [4.69, 9.17) is 21.1 Å². The van der Waals surface area contributed by atoms with E-state index in [0.29, 0.717) is 16.9 Å². The van der Waals surface area contributed by atoms with Crippen LogP contribution in [0.4, 0.5) is 5.69 Å². The summed E-state index contributed by atoms with van der Waals surface area (Å²) in [6.45, 7) is 0. The third-order valence-corrected chi connectivity index (χ3v) is 3.76. The molecule has 0 amide bonds. The number of nitro benzene ring substituents is 1. The third-order valence-electron chi connectivity index (χ3n) is 3.42. The molecular formula is C17H11ClN2O5. The van der Waals surface area contributed by atoms with Gasteiger partial charge >= 0.3 is 5.97 Å². The number of rotatable bonds is 4. The number of nitro groups is 1. The number of methoxy groups -OCH3 is 1. The molecule has 126 valence electrons. The van der Waals surface area contributed by atoms with E-state index in [0.717, 1.165) is 0 Å². The fourth-order valence-electron chi connectivity index (χ4n) is 2.19. The lowest BCUT2D eigenvalue weighted by Crippen LogP contribution is -2.05. The number of aliphatic imine (C=N–C) groups is 1. The Morgan fingerprint density at radius 2 is 2.08 bits per heavy atom. The summed E-state index contributed by atoms with van der Waals surface area (Å²) in [4.78, 5) is 26.5. The maximum atomic E-state index is 12.0. The van der Waals surface area contributed by atoms with Crippen LogP contribution in [-0.2, 0) is 9.53 Å². The van der Waals surface area contributed by atoms with Crippen molar-refractivity contribution in [2.24, 2.45) is 4.99 Å². The van der Waals surface area contributed by atoms with Gasteiger partial charge in [-0.15, -0.1) is 0 Å². The van der Waals surface area contributed by atoms with Gasteiger partial charge < -0.3 is 9.47 Å². The largest absolute Gasteiger partial charge is 0.497 e. The number of esters is 1. The molecule has 1 heterocycles. The number of nitrogens with zero attached hydrogens (tertiary/aromatic N) is 2. The van der Waals surface area contributed by atoms with Crippen molar-refractivity contribution in [2.75, 3.05) is 7.11 Å². The molecule has 0 radical (unpaired) electrons. The smallest absolute Gasteiger partial charge is 0.363 e. The van der Waals surface area contributed by atoms with Gasteiger partial charge in [0.25, 0.3) is 5.69 Å². The van der Waals surface area contributed by atoms with E-state index in [2.05, 4.69) is 4.99 Å². The second-order valence-corrected chi connectivity index (χ2v) is 5.44. The Bertz CT molecular complexity index is 936. The number of carbonyl (C=O) groups excluding carboxylic acids is 1. The predicted octanol–water partition coefficient (Wildman–Crippen LogP) is 3.60. The van der Waals surface area contributed by atoms with E-state index in [9.17, 15) is 14.9 Å². The van der Waals surface area contributed by atoms with Gasteiger partial charge in [0.15, 0.2) is 5.70 Å². The molecule has 8 heteroatoms. The number of non-ortho nitro benzene ring substituents is 1. The molecule has 0 saturated carbocycles. The molecule has 2 aromatic rings. The van der Waals surface area contributed by atoms with Gasteiger partial charge in [-0.2, -0.15) is 0 Å². The van der Waals surface area contributed by atoms with Crippen molar-refractivity contribution in [1.82, 2.24) is 0 Å². The summed E-state index contributed by atoms with van der Waals surface area (Å²) in [5.74, 6) is 0.0486. The normalized spacial score (nSPS) is 15.0. The lowest BCUT2D eigenvalue weighted by Gasteiger charge is -2.02. The fourth-order valence-corrected chi connectivity index (χ4v) is 2.36. The molecule has 0 aliphatic carbocycles. The molecule has 3 rings (SSSR count). The number of carbonyl (C=O) groups is 1. The standard InChI is InChI=1S/C17H11ClN2O5/c1-24-13-4-2-3-10(8-13)16-19-15(17(21)25-16)9-11-7-12(20(22)23)5-6-14(11)18/h2-9H,1H3/b15-9-. The van der Waals surface area contributed by atoms with Crippen LogP contribution in [0, 0.1) is 10.1 Å². The molecule has 0 fully saturated rings. The highest BCUT2D eigenvalue weighted by atomic mass is 35.5. The first-order chi connectivity index (χ1) is 12.0. The molecular weight excluding hydrogens is 348 g/mol. The van der Waals surface area contributed by atoms with Gasteiger partial charge in [0.1, 0.15) is 5.75 Å². The quantitative estimate of drug-likeness (QED) is 0.360. The number of cyclic esters (lactones) is 1. The number of hydrogen-bond donors (Lipinski definition) is 0. The topological polar surface area (TPSA) is 91.0 Å². The molecule has 0 unspecified atom stereocenters. The monoisotopic (exact) mass is 358 g/mol. The number of hydrogen-bond acceptors (Lipinski definition) is 6. The van der Waals surface area contributed by atoms with Crippen molar-refractivity contribution >= 4 is 35.2 Å². The number of ether oxygens (including phenoxy) is 2. The molecule has 25 heavy (non-hydrogen) atoms. The third kappa shape index (κ3) is 3.51. The van der Waals surface area contributed by atoms with Crippen LogP contribution in [-0.4, -0.2) is 23.9 Å². The number of benzene rings is 2. The summed E-state index contributed by atoms with van der Waals surface area (Å²) >= 11 is 6.04. The molecule has 0 bridgehead atoms. The summed E-state index contributed by atoms with van der Waals surface area (Å²) in [6, 6.07) is 10.8. The lowest BCUT2D eigenvalue weighted by molar-refractivity contribution is -0.384. The molecule has 0 spiro atoms. The van der Waals surface area contributed by atoms with Crippen LogP contribution in [0.2, 0.25) is 5.02 Å². The first kappa shape index (κ1) is 16.7.